The molecular formula is C15H22N4. The third kappa shape index (κ3) is 2.26. The van der Waals surface area contributed by atoms with Crippen LogP contribution in [0.25, 0.3) is 10.9 Å². The van der Waals surface area contributed by atoms with Crippen molar-refractivity contribution in [3.8, 4) is 0 Å². The highest BCUT2D eigenvalue weighted by Crippen LogP contribution is 2.27. The van der Waals surface area contributed by atoms with E-state index < -0.39 is 0 Å². The lowest BCUT2D eigenvalue weighted by Crippen LogP contribution is -2.48. The zero-order chi connectivity index (χ0) is 13.4. The Bertz CT molecular complexity index is 573. The number of hydrogen-bond acceptors (Lipinski definition) is 3. The molecule has 2 aromatic rings. The molecule has 0 radical (unpaired) electrons. The van der Waals surface area contributed by atoms with Crippen molar-refractivity contribution in [2.45, 2.75) is 25.9 Å². The van der Waals surface area contributed by atoms with Gasteiger partial charge in [-0.1, -0.05) is 6.07 Å². The van der Waals surface area contributed by atoms with Gasteiger partial charge in [0.15, 0.2) is 0 Å². The van der Waals surface area contributed by atoms with E-state index in [9.17, 15) is 0 Å². The summed E-state index contributed by atoms with van der Waals surface area (Å²) >= 11 is 0. The Morgan fingerprint density at radius 1 is 1.37 bits per heavy atom. The summed E-state index contributed by atoms with van der Waals surface area (Å²) in [5, 5.41) is 9.06. The van der Waals surface area contributed by atoms with E-state index in [0.717, 1.165) is 19.6 Å². The van der Waals surface area contributed by atoms with Gasteiger partial charge in [0.2, 0.25) is 0 Å². The van der Waals surface area contributed by atoms with Crippen molar-refractivity contribution in [1.29, 1.82) is 0 Å². The van der Waals surface area contributed by atoms with Crippen LogP contribution in [0.3, 0.4) is 0 Å². The summed E-state index contributed by atoms with van der Waals surface area (Å²) in [6.07, 6.45) is 1.95. The van der Waals surface area contributed by atoms with Crippen LogP contribution < -0.4 is 5.32 Å². The normalized spacial score (nSPS) is 21.4. The summed E-state index contributed by atoms with van der Waals surface area (Å²) < 4.78 is 1.93. The molecule has 19 heavy (non-hydrogen) atoms. The largest absolute Gasteiger partial charge is 0.314 e. The molecule has 1 unspecified atom stereocenters. The van der Waals surface area contributed by atoms with Gasteiger partial charge in [-0.25, -0.2) is 0 Å². The third-order valence-electron chi connectivity index (χ3n) is 4.10. The summed E-state index contributed by atoms with van der Waals surface area (Å²) in [5.74, 6) is 0. The van der Waals surface area contributed by atoms with Crippen molar-refractivity contribution < 1.29 is 0 Å². The van der Waals surface area contributed by atoms with Gasteiger partial charge in [0.25, 0.3) is 0 Å². The van der Waals surface area contributed by atoms with Gasteiger partial charge in [-0.05, 0) is 31.5 Å². The first-order chi connectivity index (χ1) is 9.16. The van der Waals surface area contributed by atoms with Crippen LogP contribution in [-0.4, -0.2) is 40.4 Å². The minimum atomic E-state index is 0.471. The molecule has 0 amide bonds. The first kappa shape index (κ1) is 12.6. The highest BCUT2D eigenvalue weighted by atomic mass is 15.3. The van der Waals surface area contributed by atoms with Gasteiger partial charge in [-0.3, -0.25) is 9.58 Å². The molecule has 1 atom stereocenters. The average molecular weight is 258 g/mol. The predicted molar refractivity (Wildman–Crippen MR) is 78.2 cm³/mol. The molecule has 1 aromatic heterocycles. The van der Waals surface area contributed by atoms with Crippen LogP contribution in [0.4, 0.5) is 0 Å². The zero-order valence-electron chi connectivity index (χ0n) is 11.9. The fourth-order valence-corrected chi connectivity index (χ4v) is 3.04. The fourth-order valence-electron chi connectivity index (χ4n) is 3.04. The quantitative estimate of drug-likeness (QED) is 0.893. The fraction of sp³-hybridized carbons (Fsp3) is 0.533. The summed E-state index contributed by atoms with van der Waals surface area (Å²) in [5.41, 5.74) is 2.59. The lowest BCUT2D eigenvalue weighted by atomic mass is 10.0. The SMILES string of the molecule is CC(C)N1CCNCC1c1ccc2c(cnn2C)c1. The van der Waals surface area contributed by atoms with Gasteiger partial charge >= 0.3 is 0 Å². The lowest BCUT2D eigenvalue weighted by Gasteiger charge is -2.39. The minimum absolute atomic E-state index is 0.471. The molecule has 2 heterocycles. The Morgan fingerprint density at radius 2 is 2.21 bits per heavy atom. The number of piperazine rings is 1. The van der Waals surface area contributed by atoms with Crippen LogP contribution in [-0.2, 0) is 7.05 Å². The first-order valence-corrected chi connectivity index (χ1v) is 7.05. The maximum Gasteiger partial charge on any atom is 0.0679 e. The second kappa shape index (κ2) is 4.94. The molecule has 4 nitrogen and oxygen atoms in total. The topological polar surface area (TPSA) is 33.1 Å². The third-order valence-corrected chi connectivity index (χ3v) is 4.10. The molecule has 0 saturated carbocycles. The molecule has 3 rings (SSSR count). The van der Waals surface area contributed by atoms with Crippen molar-refractivity contribution in [1.82, 2.24) is 20.0 Å². The van der Waals surface area contributed by atoms with E-state index >= 15 is 0 Å². The van der Waals surface area contributed by atoms with E-state index in [1.807, 2.05) is 17.9 Å². The molecule has 4 heteroatoms. The number of rotatable bonds is 2. The van der Waals surface area contributed by atoms with Gasteiger partial charge in [0, 0.05) is 44.2 Å². The van der Waals surface area contributed by atoms with Crippen LogP contribution in [0.15, 0.2) is 24.4 Å². The molecule has 0 spiro atoms. The Balaban J connectivity index is 1.97. The standard InChI is InChI=1S/C15H22N4/c1-11(2)19-7-6-16-10-15(19)12-4-5-14-13(8-12)9-17-18(14)3/h4-5,8-9,11,15-16H,6-7,10H2,1-3H3. The van der Waals surface area contributed by atoms with Crippen molar-refractivity contribution in [2.24, 2.45) is 7.05 Å². The van der Waals surface area contributed by atoms with Crippen molar-refractivity contribution in [3.63, 3.8) is 0 Å². The molecule has 0 aliphatic carbocycles. The maximum atomic E-state index is 4.32. The van der Waals surface area contributed by atoms with E-state index in [2.05, 4.69) is 47.4 Å². The van der Waals surface area contributed by atoms with E-state index in [0.29, 0.717) is 12.1 Å². The molecule has 1 saturated heterocycles. The number of aryl methyl sites for hydroxylation is 1. The van der Waals surface area contributed by atoms with E-state index in [-0.39, 0.29) is 0 Å². The summed E-state index contributed by atoms with van der Waals surface area (Å²) in [7, 11) is 1.99. The Morgan fingerprint density at radius 3 is 3.00 bits per heavy atom. The number of nitrogens with one attached hydrogen (secondary N) is 1. The molecule has 1 N–H and O–H groups in total. The molecule has 1 fully saturated rings. The highest BCUT2D eigenvalue weighted by Gasteiger charge is 2.25. The average Bonchev–Trinajstić information content (AvgIpc) is 2.80. The van der Waals surface area contributed by atoms with Crippen LogP contribution in [0.5, 0.6) is 0 Å². The lowest BCUT2D eigenvalue weighted by molar-refractivity contribution is 0.124. The molecule has 1 aliphatic rings. The Labute approximate surface area is 114 Å². The Kier molecular flexibility index (Phi) is 3.29. The number of benzene rings is 1. The molecule has 0 bridgehead atoms. The van der Waals surface area contributed by atoms with E-state index in [1.54, 1.807) is 0 Å². The maximum absolute atomic E-state index is 4.32. The van der Waals surface area contributed by atoms with Crippen molar-refractivity contribution in [2.75, 3.05) is 19.6 Å². The summed E-state index contributed by atoms with van der Waals surface area (Å²) in [6.45, 7) is 7.79. The van der Waals surface area contributed by atoms with Crippen molar-refractivity contribution >= 4 is 10.9 Å². The second-order valence-electron chi connectivity index (χ2n) is 5.64. The number of fused-ring (bicyclic) bond motifs is 1. The minimum Gasteiger partial charge on any atom is -0.314 e. The summed E-state index contributed by atoms with van der Waals surface area (Å²) in [4.78, 5) is 2.58. The van der Waals surface area contributed by atoms with Gasteiger partial charge < -0.3 is 5.32 Å². The smallest absolute Gasteiger partial charge is 0.0679 e. The molecule has 1 aromatic carbocycles. The predicted octanol–water partition coefficient (Wildman–Crippen LogP) is 1.93. The van der Waals surface area contributed by atoms with Crippen LogP contribution in [0.1, 0.15) is 25.5 Å². The van der Waals surface area contributed by atoms with E-state index in [1.165, 1.54) is 16.5 Å². The van der Waals surface area contributed by atoms with Gasteiger partial charge in [-0.2, -0.15) is 5.10 Å². The van der Waals surface area contributed by atoms with Crippen LogP contribution in [0.2, 0.25) is 0 Å². The molecule has 1 aliphatic heterocycles. The number of nitrogens with zero attached hydrogens (tertiary/aromatic N) is 3. The van der Waals surface area contributed by atoms with Crippen LogP contribution in [0, 0.1) is 0 Å². The summed E-state index contributed by atoms with van der Waals surface area (Å²) in [6, 6.07) is 7.77. The monoisotopic (exact) mass is 258 g/mol. The molecular weight excluding hydrogens is 236 g/mol. The van der Waals surface area contributed by atoms with E-state index in [4.69, 9.17) is 0 Å². The van der Waals surface area contributed by atoms with Crippen LogP contribution >= 0.6 is 0 Å². The Hall–Kier alpha value is -1.39. The number of aromatic nitrogens is 2. The van der Waals surface area contributed by atoms with Gasteiger partial charge in [0.1, 0.15) is 0 Å². The molecule has 102 valence electrons. The number of hydrogen-bond donors (Lipinski definition) is 1. The zero-order valence-corrected chi connectivity index (χ0v) is 11.9. The highest BCUT2D eigenvalue weighted by molar-refractivity contribution is 5.79. The second-order valence-corrected chi connectivity index (χ2v) is 5.64. The first-order valence-electron chi connectivity index (χ1n) is 7.05. The van der Waals surface area contributed by atoms with Crippen molar-refractivity contribution in [3.05, 3.63) is 30.0 Å². The van der Waals surface area contributed by atoms with Gasteiger partial charge in [-0.15, -0.1) is 0 Å². The van der Waals surface area contributed by atoms with Gasteiger partial charge in [0.05, 0.1) is 11.7 Å².